The number of nitrogens with one attached hydrogen (secondary N) is 1. The fourth-order valence-corrected chi connectivity index (χ4v) is 4.54. The standard InChI is InChI=1S/C23H34N4O/c1-16-10-17(2)14-27(13-16)15-21-9-7-6-8-20(21)12-24-23(28)11-22-18(3)25-26(5)19(22)4/h6-9,16-17H,10-15H2,1-5H3,(H,24,28)/t16-,17-/m1/s1. The fraction of sp³-hybridized carbons (Fsp3) is 0.565. The second-order valence-electron chi connectivity index (χ2n) is 8.64. The van der Waals surface area contributed by atoms with E-state index in [-0.39, 0.29) is 5.91 Å². The quantitative estimate of drug-likeness (QED) is 0.833. The SMILES string of the molecule is Cc1nn(C)c(C)c1CC(=O)NCc1ccccc1CN1C[C@H](C)C[C@@H](C)C1. The maximum atomic E-state index is 12.5. The van der Waals surface area contributed by atoms with Crippen molar-refractivity contribution in [2.24, 2.45) is 18.9 Å². The molecule has 2 atom stereocenters. The van der Waals surface area contributed by atoms with E-state index in [1.807, 2.05) is 25.6 Å². The zero-order valence-corrected chi connectivity index (χ0v) is 18.0. The van der Waals surface area contributed by atoms with E-state index < -0.39 is 0 Å². The molecule has 152 valence electrons. The van der Waals surface area contributed by atoms with Gasteiger partial charge in [-0.05, 0) is 43.2 Å². The van der Waals surface area contributed by atoms with Gasteiger partial charge < -0.3 is 5.32 Å². The average Bonchev–Trinajstić information content (AvgIpc) is 2.86. The van der Waals surface area contributed by atoms with Crippen molar-refractivity contribution < 1.29 is 4.79 Å². The normalized spacial score (nSPS) is 20.3. The van der Waals surface area contributed by atoms with Crippen LogP contribution >= 0.6 is 0 Å². The molecule has 1 fully saturated rings. The molecule has 1 N–H and O–H groups in total. The molecule has 0 saturated carbocycles. The summed E-state index contributed by atoms with van der Waals surface area (Å²) >= 11 is 0. The van der Waals surface area contributed by atoms with Crippen LogP contribution in [0.15, 0.2) is 24.3 Å². The van der Waals surface area contributed by atoms with Crippen molar-refractivity contribution in [3.8, 4) is 0 Å². The monoisotopic (exact) mass is 382 g/mol. The third-order valence-electron chi connectivity index (χ3n) is 5.93. The summed E-state index contributed by atoms with van der Waals surface area (Å²) in [6.07, 6.45) is 1.70. The molecule has 5 nitrogen and oxygen atoms in total. The molecule has 2 aromatic rings. The highest BCUT2D eigenvalue weighted by molar-refractivity contribution is 5.79. The molecular formula is C23H34N4O. The highest BCUT2D eigenvalue weighted by Crippen LogP contribution is 2.23. The van der Waals surface area contributed by atoms with Crippen LogP contribution < -0.4 is 5.32 Å². The first kappa shape index (κ1) is 20.6. The summed E-state index contributed by atoms with van der Waals surface area (Å²) in [5.74, 6) is 1.55. The smallest absolute Gasteiger partial charge is 0.224 e. The first-order valence-corrected chi connectivity index (χ1v) is 10.4. The third kappa shape index (κ3) is 5.02. The summed E-state index contributed by atoms with van der Waals surface area (Å²) in [6.45, 7) is 12.5. The second kappa shape index (κ2) is 8.91. The zero-order valence-electron chi connectivity index (χ0n) is 18.0. The van der Waals surface area contributed by atoms with Gasteiger partial charge in [-0.1, -0.05) is 38.1 Å². The highest BCUT2D eigenvalue weighted by atomic mass is 16.1. The Morgan fingerprint density at radius 3 is 2.39 bits per heavy atom. The number of hydrogen-bond donors (Lipinski definition) is 1. The van der Waals surface area contributed by atoms with Crippen LogP contribution in [-0.4, -0.2) is 33.7 Å². The molecular weight excluding hydrogens is 348 g/mol. The van der Waals surface area contributed by atoms with Crippen LogP contribution in [0.5, 0.6) is 0 Å². The fourth-order valence-electron chi connectivity index (χ4n) is 4.54. The van der Waals surface area contributed by atoms with Gasteiger partial charge in [0.15, 0.2) is 0 Å². The number of rotatable bonds is 6. The van der Waals surface area contributed by atoms with Gasteiger partial charge in [-0.2, -0.15) is 5.10 Å². The number of carbonyl (C=O) groups is 1. The molecule has 5 heteroatoms. The lowest BCUT2D eigenvalue weighted by Crippen LogP contribution is -2.38. The first-order valence-electron chi connectivity index (χ1n) is 10.4. The molecule has 1 aromatic heterocycles. The largest absolute Gasteiger partial charge is 0.352 e. The Hall–Kier alpha value is -2.14. The van der Waals surface area contributed by atoms with Crippen LogP contribution in [0.2, 0.25) is 0 Å². The minimum absolute atomic E-state index is 0.0502. The molecule has 1 saturated heterocycles. The van der Waals surface area contributed by atoms with Crippen molar-refractivity contribution in [2.75, 3.05) is 13.1 Å². The van der Waals surface area contributed by atoms with Crippen molar-refractivity contribution >= 4 is 5.91 Å². The number of hydrogen-bond acceptors (Lipinski definition) is 3. The van der Waals surface area contributed by atoms with Gasteiger partial charge in [0.1, 0.15) is 0 Å². The minimum Gasteiger partial charge on any atom is -0.352 e. The Morgan fingerprint density at radius 1 is 1.14 bits per heavy atom. The molecule has 28 heavy (non-hydrogen) atoms. The summed E-state index contributed by atoms with van der Waals surface area (Å²) < 4.78 is 1.84. The number of carbonyl (C=O) groups excluding carboxylic acids is 1. The van der Waals surface area contributed by atoms with Gasteiger partial charge in [-0.15, -0.1) is 0 Å². The van der Waals surface area contributed by atoms with Crippen LogP contribution in [0.4, 0.5) is 0 Å². The van der Waals surface area contributed by atoms with E-state index in [1.54, 1.807) is 0 Å². The predicted octanol–water partition coefficient (Wildman–Crippen LogP) is 3.37. The van der Waals surface area contributed by atoms with E-state index in [9.17, 15) is 4.79 Å². The van der Waals surface area contributed by atoms with E-state index in [2.05, 4.69) is 53.4 Å². The van der Waals surface area contributed by atoms with Gasteiger partial charge in [-0.3, -0.25) is 14.4 Å². The van der Waals surface area contributed by atoms with Crippen LogP contribution in [-0.2, 0) is 31.4 Å². The topological polar surface area (TPSA) is 50.2 Å². The maximum absolute atomic E-state index is 12.5. The van der Waals surface area contributed by atoms with E-state index in [0.29, 0.717) is 13.0 Å². The van der Waals surface area contributed by atoms with Crippen molar-refractivity contribution in [3.63, 3.8) is 0 Å². The molecule has 0 spiro atoms. The van der Waals surface area contributed by atoms with Crippen LogP contribution in [0.1, 0.15) is 48.3 Å². The van der Waals surface area contributed by atoms with E-state index in [1.165, 1.54) is 17.5 Å². The van der Waals surface area contributed by atoms with Gasteiger partial charge >= 0.3 is 0 Å². The molecule has 1 aliphatic rings. The molecule has 1 amide bonds. The Labute approximate surface area is 169 Å². The summed E-state index contributed by atoms with van der Waals surface area (Å²) in [5, 5.41) is 7.52. The van der Waals surface area contributed by atoms with Gasteiger partial charge in [0.2, 0.25) is 5.91 Å². The second-order valence-corrected chi connectivity index (χ2v) is 8.64. The van der Waals surface area contributed by atoms with E-state index in [0.717, 1.165) is 48.4 Å². The lowest BCUT2D eigenvalue weighted by Gasteiger charge is -2.35. The Kier molecular flexibility index (Phi) is 6.55. The number of aromatic nitrogens is 2. The Balaban J connectivity index is 1.61. The molecule has 1 aliphatic heterocycles. The molecule has 0 bridgehead atoms. The zero-order chi connectivity index (χ0) is 20.3. The van der Waals surface area contributed by atoms with Crippen molar-refractivity contribution in [1.82, 2.24) is 20.0 Å². The molecule has 2 heterocycles. The predicted molar refractivity (Wildman–Crippen MR) is 113 cm³/mol. The molecule has 0 aliphatic carbocycles. The Morgan fingerprint density at radius 2 is 1.79 bits per heavy atom. The highest BCUT2D eigenvalue weighted by Gasteiger charge is 2.22. The summed E-state index contributed by atoms with van der Waals surface area (Å²) in [7, 11) is 1.92. The first-order chi connectivity index (χ1) is 13.3. The van der Waals surface area contributed by atoms with Crippen LogP contribution in [0, 0.1) is 25.7 Å². The Bertz CT molecular complexity index is 816. The van der Waals surface area contributed by atoms with Gasteiger partial charge in [-0.25, -0.2) is 0 Å². The van der Waals surface area contributed by atoms with Gasteiger partial charge in [0, 0.05) is 44.5 Å². The molecule has 0 radical (unpaired) electrons. The molecule has 3 rings (SSSR count). The summed E-state index contributed by atoms with van der Waals surface area (Å²) in [4.78, 5) is 15.1. The van der Waals surface area contributed by atoms with Crippen LogP contribution in [0.3, 0.4) is 0 Å². The van der Waals surface area contributed by atoms with Crippen LogP contribution in [0.25, 0.3) is 0 Å². The van der Waals surface area contributed by atoms with Crippen molar-refractivity contribution in [1.29, 1.82) is 0 Å². The number of likely N-dealkylation sites (tertiary alicyclic amines) is 1. The lowest BCUT2D eigenvalue weighted by atomic mass is 9.91. The number of nitrogens with zero attached hydrogens (tertiary/aromatic N) is 3. The van der Waals surface area contributed by atoms with Gasteiger partial charge in [0.25, 0.3) is 0 Å². The number of piperidine rings is 1. The lowest BCUT2D eigenvalue weighted by molar-refractivity contribution is -0.120. The average molecular weight is 383 g/mol. The summed E-state index contributed by atoms with van der Waals surface area (Å²) in [5.41, 5.74) is 5.55. The summed E-state index contributed by atoms with van der Waals surface area (Å²) in [6, 6.07) is 8.48. The van der Waals surface area contributed by atoms with Crippen molar-refractivity contribution in [2.45, 2.75) is 53.6 Å². The number of aryl methyl sites for hydroxylation is 2. The molecule has 1 aromatic carbocycles. The number of amides is 1. The van der Waals surface area contributed by atoms with E-state index >= 15 is 0 Å². The third-order valence-corrected chi connectivity index (χ3v) is 5.93. The van der Waals surface area contributed by atoms with E-state index in [4.69, 9.17) is 0 Å². The number of benzene rings is 1. The van der Waals surface area contributed by atoms with Gasteiger partial charge in [0.05, 0.1) is 12.1 Å². The maximum Gasteiger partial charge on any atom is 0.224 e. The minimum atomic E-state index is 0.0502. The molecule has 0 unspecified atom stereocenters. The van der Waals surface area contributed by atoms with Crippen molar-refractivity contribution in [3.05, 3.63) is 52.3 Å².